The highest BCUT2D eigenvalue weighted by molar-refractivity contribution is 6.06. The van der Waals surface area contributed by atoms with Crippen molar-refractivity contribution in [2.24, 2.45) is 0 Å². The van der Waals surface area contributed by atoms with Crippen LogP contribution in [0, 0.1) is 0 Å². The molecule has 2 aromatic carbocycles. The van der Waals surface area contributed by atoms with Gasteiger partial charge in [0.25, 0.3) is 0 Å². The molecular formula is C22H25NO4. The van der Waals surface area contributed by atoms with Gasteiger partial charge in [0.2, 0.25) is 0 Å². The number of carbonyl (C=O) groups is 1. The van der Waals surface area contributed by atoms with Gasteiger partial charge >= 0.3 is 0 Å². The Kier molecular flexibility index (Phi) is 5.94. The molecule has 1 saturated heterocycles. The lowest BCUT2D eigenvalue weighted by Crippen LogP contribution is -2.51. The average Bonchev–Trinajstić information content (AvgIpc) is 2.68. The molecule has 0 amide bonds. The van der Waals surface area contributed by atoms with E-state index < -0.39 is 0 Å². The molecule has 2 aromatic rings. The van der Waals surface area contributed by atoms with Crippen LogP contribution >= 0.6 is 0 Å². The number of methoxy groups -OCH3 is 1. The fourth-order valence-electron chi connectivity index (χ4n) is 3.18. The molecule has 27 heavy (non-hydrogen) atoms. The highest BCUT2D eigenvalue weighted by Gasteiger charge is 2.25. The second-order valence-corrected chi connectivity index (χ2v) is 7.13. The van der Waals surface area contributed by atoms with E-state index in [1.807, 2.05) is 12.1 Å². The van der Waals surface area contributed by atoms with Gasteiger partial charge < -0.3 is 19.1 Å². The molecule has 0 radical (unpaired) electrons. The zero-order chi connectivity index (χ0) is 19.3. The summed E-state index contributed by atoms with van der Waals surface area (Å²) in [6.45, 7) is 4.00. The van der Waals surface area contributed by atoms with Crippen molar-refractivity contribution in [3.8, 4) is 11.5 Å². The standard InChI is InChI=1S/C22H25NO4/c1-23(11-13-27-14-12-23)16-19-5-3-17(15-22(19)25)4-10-21(24)18-6-8-20(26-2)9-7-18/h3-10,15H,11-14,16H2,1-2H3/b10-4+. The molecule has 0 saturated carbocycles. The van der Waals surface area contributed by atoms with Crippen molar-refractivity contribution < 1.29 is 23.9 Å². The van der Waals surface area contributed by atoms with Gasteiger partial charge in [0.05, 0.1) is 27.4 Å². The third-order valence-corrected chi connectivity index (χ3v) is 5.00. The molecule has 0 unspecified atom stereocenters. The van der Waals surface area contributed by atoms with Gasteiger partial charge in [0.1, 0.15) is 25.4 Å². The van der Waals surface area contributed by atoms with E-state index in [1.54, 1.807) is 43.5 Å². The molecule has 1 aliphatic rings. The van der Waals surface area contributed by atoms with E-state index in [2.05, 4.69) is 7.05 Å². The number of ether oxygens (including phenoxy) is 2. The molecule has 0 aromatic heterocycles. The lowest BCUT2D eigenvalue weighted by atomic mass is 10.1. The monoisotopic (exact) mass is 367 g/mol. The molecule has 0 aliphatic carbocycles. The first-order valence-corrected chi connectivity index (χ1v) is 9.07. The van der Waals surface area contributed by atoms with E-state index in [1.165, 1.54) is 6.08 Å². The molecule has 0 atom stereocenters. The van der Waals surface area contributed by atoms with Crippen molar-refractivity contribution in [3.63, 3.8) is 0 Å². The van der Waals surface area contributed by atoms with E-state index >= 15 is 0 Å². The molecule has 1 fully saturated rings. The van der Waals surface area contributed by atoms with Crippen LogP contribution in [0.3, 0.4) is 0 Å². The molecule has 5 nitrogen and oxygen atoms in total. The molecule has 0 bridgehead atoms. The second-order valence-electron chi connectivity index (χ2n) is 7.13. The van der Waals surface area contributed by atoms with Crippen LogP contribution in [0.15, 0.2) is 48.5 Å². The minimum absolute atomic E-state index is 0.0138. The van der Waals surface area contributed by atoms with Crippen LogP contribution in [-0.2, 0) is 11.3 Å². The van der Waals surface area contributed by atoms with Gasteiger partial charge in [-0.3, -0.25) is 4.79 Å². The van der Waals surface area contributed by atoms with Crippen molar-refractivity contribution in [3.05, 3.63) is 65.2 Å². The van der Waals surface area contributed by atoms with Crippen LogP contribution < -0.4 is 9.84 Å². The largest absolute Gasteiger partial charge is 0.872 e. The number of allylic oxidation sites excluding steroid dienone is 1. The summed E-state index contributed by atoms with van der Waals surface area (Å²) in [7, 11) is 3.74. The highest BCUT2D eigenvalue weighted by atomic mass is 16.5. The fraction of sp³-hybridized carbons (Fsp3) is 0.318. The maximum atomic E-state index is 12.5. The Morgan fingerprint density at radius 3 is 2.52 bits per heavy atom. The Hall–Kier alpha value is -2.63. The maximum Gasteiger partial charge on any atom is 0.185 e. The SMILES string of the molecule is COc1ccc(C(=O)/C=C/c2ccc(C[N+]3(C)CCOCC3)c([O-])c2)cc1. The Labute approximate surface area is 160 Å². The summed E-state index contributed by atoms with van der Waals surface area (Å²) in [6.07, 6.45) is 3.18. The van der Waals surface area contributed by atoms with Gasteiger partial charge in [-0.1, -0.05) is 30.0 Å². The summed E-state index contributed by atoms with van der Waals surface area (Å²) < 4.78 is 11.3. The van der Waals surface area contributed by atoms with E-state index in [0.717, 1.165) is 41.9 Å². The lowest BCUT2D eigenvalue weighted by molar-refractivity contribution is -0.929. The first-order valence-electron chi connectivity index (χ1n) is 9.07. The number of hydrogen-bond donors (Lipinski definition) is 0. The van der Waals surface area contributed by atoms with Crippen molar-refractivity contribution in [1.82, 2.24) is 0 Å². The number of carbonyl (C=O) groups excluding carboxylic acids is 1. The number of likely N-dealkylation sites (N-methyl/N-ethyl adjacent to an activating group) is 1. The van der Waals surface area contributed by atoms with Gasteiger partial charge in [0.15, 0.2) is 5.78 Å². The minimum atomic E-state index is -0.111. The summed E-state index contributed by atoms with van der Waals surface area (Å²) >= 11 is 0. The maximum absolute atomic E-state index is 12.5. The number of quaternary nitrogens is 1. The summed E-state index contributed by atoms with van der Waals surface area (Å²) in [5.41, 5.74) is 2.11. The quantitative estimate of drug-likeness (QED) is 0.447. The summed E-state index contributed by atoms with van der Waals surface area (Å²) in [4.78, 5) is 12.3. The van der Waals surface area contributed by atoms with Gasteiger partial charge in [0, 0.05) is 5.56 Å². The smallest absolute Gasteiger partial charge is 0.185 e. The number of hydrogen-bond acceptors (Lipinski definition) is 4. The zero-order valence-corrected chi connectivity index (χ0v) is 15.8. The van der Waals surface area contributed by atoms with E-state index in [-0.39, 0.29) is 11.5 Å². The molecule has 0 N–H and O–H groups in total. The third-order valence-electron chi connectivity index (χ3n) is 5.00. The molecular weight excluding hydrogens is 342 g/mol. The zero-order valence-electron chi connectivity index (χ0n) is 15.8. The van der Waals surface area contributed by atoms with Crippen LogP contribution in [0.25, 0.3) is 6.08 Å². The van der Waals surface area contributed by atoms with Crippen LogP contribution in [-0.4, -0.2) is 50.7 Å². The molecule has 1 aliphatic heterocycles. The van der Waals surface area contributed by atoms with Crippen molar-refractivity contribution >= 4 is 11.9 Å². The molecule has 3 rings (SSSR count). The molecule has 5 heteroatoms. The van der Waals surface area contributed by atoms with Gasteiger partial charge in [-0.15, -0.1) is 0 Å². The van der Waals surface area contributed by atoms with Crippen LogP contribution in [0.1, 0.15) is 21.5 Å². The number of morpholine rings is 1. The average molecular weight is 367 g/mol. The molecule has 142 valence electrons. The summed E-state index contributed by atoms with van der Waals surface area (Å²) in [5.74, 6) is 0.610. The Bertz CT molecular complexity index is 821. The van der Waals surface area contributed by atoms with Crippen molar-refractivity contribution in [2.75, 3.05) is 40.5 Å². The second kappa shape index (κ2) is 8.37. The Morgan fingerprint density at radius 1 is 1.19 bits per heavy atom. The van der Waals surface area contributed by atoms with Gasteiger partial charge in [-0.25, -0.2) is 0 Å². The topological polar surface area (TPSA) is 58.6 Å². The number of rotatable bonds is 6. The summed E-state index contributed by atoms with van der Waals surface area (Å²) in [5, 5.41) is 12.5. The van der Waals surface area contributed by atoms with Crippen LogP contribution in [0.4, 0.5) is 0 Å². The van der Waals surface area contributed by atoms with Gasteiger partial charge in [-0.2, -0.15) is 0 Å². The summed E-state index contributed by atoms with van der Waals surface area (Å²) in [6, 6.07) is 12.3. The lowest BCUT2D eigenvalue weighted by Gasteiger charge is -2.38. The predicted octanol–water partition coefficient (Wildman–Crippen LogP) is 2.64. The predicted molar refractivity (Wildman–Crippen MR) is 103 cm³/mol. The normalized spacial score (nSPS) is 16.4. The minimum Gasteiger partial charge on any atom is -0.872 e. The molecule has 1 heterocycles. The van der Waals surface area contributed by atoms with Gasteiger partial charge in [-0.05, 0) is 41.5 Å². The van der Waals surface area contributed by atoms with E-state index in [0.29, 0.717) is 17.9 Å². The van der Waals surface area contributed by atoms with Crippen LogP contribution in [0.2, 0.25) is 0 Å². The first kappa shape index (κ1) is 19.1. The third kappa shape index (κ3) is 4.96. The molecule has 0 spiro atoms. The number of ketones is 1. The van der Waals surface area contributed by atoms with Crippen molar-refractivity contribution in [1.29, 1.82) is 0 Å². The Morgan fingerprint density at radius 2 is 1.89 bits per heavy atom. The Balaban J connectivity index is 1.67. The van der Waals surface area contributed by atoms with E-state index in [9.17, 15) is 9.90 Å². The fourth-order valence-corrected chi connectivity index (χ4v) is 3.18. The van der Waals surface area contributed by atoms with E-state index in [4.69, 9.17) is 9.47 Å². The number of benzene rings is 2. The number of nitrogens with zero attached hydrogens (tertiary/aromatic N) is 1. The van der Waals surface area contributed by atoms with Crippen molar-refractivity contribution in [2.45, 2.75) is 6.54 Å². The first-order chi connectivity index (χ1) is 13.0. The highest BCUT2D eigenvalue weighted by Crippen LogP contribution is 2.23. The van der Waals surface area contributed by atoms with Crippen LogP contribution in [0.5, 0.6) is 11.5 Å².